The van der Waals surface area contributed by atoms with Crippen molar-refractivity contribution in [3.63, 3.8) is 0 Å². The van der Waals surface area contributed by atoms with Crippen molar-refractivity contribution in [3.8, 4) is 0 Å². The van der Waals surface area contributed by atoms with Crippen LogP contribution in [0.25, 0.3) is 0 Å². The normalized spacial score (nSPS) is 20.9. The molecular formula is C10H18N2O4. The highest BCUT2D eigenvalue weighted by atomic mass is 16.5. The number of amides is 1. The largest absolute Gasteiger partial charge is 0.480 e. The first kappa shape index (κ1) is 12.9. The molecule has 1 rings (SSSR count). The summed E-state index contributed by atoms with van der Waals surface area (Å²) in [5.74, 6) is -1.01. The fourth-order valence-electron chi connectivity index (χ4n) is 1.79. The van der Waals surface area contributed by atoms with Gasteiger partial charge in [0.25, 0.3) is 0 Å². The van der Waals surface area contributed by atoms with Crippen LogP contribution in [0, 0.1) is 0 Å². The monoisotopic (exact) mass is 230 g/mol. The second-order valence-electron chi connectivity index (χ2n) is 4.33. The van der Waals surface area contributed by atoms with Crippen molar-refractivity contribution in [2.75, 3.05) is 26.7 Å². The van der Waals surface area contributed by atoms with Gasteiger partial charge in [0.15, 0.2) is 0 Å². The van der Waals surface area contributed by atoms with E-state index in [0.717, 1.165) is 0 Å². The maximum atomic E-state index is 11.3. The number of nitrogens with one attached hydrogen (secondary N) is 1. The minimum absolute atomic E-state index is 0.0414. The number of carboxylic acids is 1. The van der Waals surface area contributed by atoms with E-state index in [1.54, 1.807) is 7.05 Å². The minimum Gasteiger partial charge on any atom is -0.480 e. The van der Waals surface area contributed by atoms with Crippen LogP contribution in [0.3, 0.4) is 0 Å². The number of nitrogens with zero attached hydrogens (tertiary/aromatic N) is 1. The molecule has 0 aromatic heterocycles. The molecule has 0 aromatic carbocycles. The van der Waals surface area contributed by atoms with Gasteiger partial charge in [0.2, 0.25) is 5.91 Å². The van der Waals surface area contributed by atoms with Gasteiger partial charge in [-0.15, -0.1) is 0 Å². The highest BCUT2D eigenvalue weighted by Crippen LogP contribution is 2.26. The van der Waals surface area contributed by atoms with Gasteiger partial charge in [-0.25, -0.2) is 4.79 Å². The first-order chi connectivity index (χ1) is 7.38. The van der Waals surface area contributed by atoms with Crippen LogP contribution in [0.2, 0.25) is 0 Å². The summed E-state index contributed by atoms with van der Waals surface area (Å²) in [5.41, 5.74) is -0.444. The van der Waals surface area contributed by atoms with Crippen LogP contribution in [0.1, 0.15) is 13.8 Å². The molecule has 1 atom stereocenters. The average molecular weight is 230 g/mol. The zero-order valence-corrected chi connectivity index (χ0v) is 9.82. The van der Waals surface area contributed by atoms with Crippen molar-refractivity contribution < 1.29 is 19.4 Å². The third kappa shape index (κ3) is 2.93. The van der Waals surface area contributed by atoms with Crippen molar-refractivity contribution in [3.05, 3.63) is 0 Å². The zero-order chi connectivity index (χ0) is 12.3. The first-order valence-electron chi connectivity index (χ1n) is 5.19. The zero-order valence-electron chi connectivity index (χ0n) is 9.82. The van der Waals surface area contributed by atoms with E-state index >= 15 is 0 Å². The molecule has 1 saturated heterocycles. The molecule has 1 aliphatic heterocycles. The van der Waals surface area contributed by atoms with Crippen molar-refractivity contribution >= 4 is 11.9 Å². The minimum atomic E-state index is -0.973. The molecule has 6 nitrogen and oxygen atoms in total. The van der Waals surface area contributed by atoms with Gasteiger partial charge in [-0.1, -0.05) is 0 Å². The Morgan fingerprint density at radius 1 is 1.56 bits per heavy atom. The van der Waals surface area contributed by atoms with E-state index in [9.17, 15) is 9.59 Å². The average Bonchev–Trinajstić information content (AvgIpc) is 2.20. The van der Waals surface area contributed by atoms with Crippen molar-refractivity contribution in [1.82, 2.24) is 10.2 Å². The standard InChI is InChI=1S/C10H18N2O4/c1-7(9(15)11-3)12-5-10(2,6-12)16-4-8(13)14/h7H,4-6H2,1-3H3,(H,11,15)(H,13,14). The summed E-state index contributed by atoms with van der Waals surface area (Å²) < 4.78 is 5.25. The van der Waals surface area contributed by atoms with Crippen LogP contribution in [0.4, 0.5) is 0 Å². The van der Waals surface area contributed by atoms with Gasteiger partial charge in [0, 0.05) is 20.1 Å². The number of hydrogen-bond acceptors (Lipinski definition) is 4. The fraction of sp³-hybridized carbons (Fsp3) is 0.800. The summed E-state index contributed by atoms with van der Waals surface area (Å²) in [4.78, 5) is 23.6. The van der Waals surface area contributed by atoms with Gasteiger partial charge in [-0.05, 0) is 13.8 Å². The fourth-order valence-corrected chi connectivity index (χ4v) is 1.79. The molecule has 92 valence electrons. The molecule has 0 bridgehead atoms. The molecule has 1 unspecified atom stereocenters. The number of aliphatic carboxylic acids is 1. The van der Waals surface area contributed by atoms with Crippen LogP contribution in [0.5, 0.6) is 0 Å². The number of likely N-dealkylation sites (N-methyl/N-ethyl adjacent to an activating group) is 1. The molecule has 0 spiro atoms. The van der Waals surface area contributed by atoms with Gasteiger partial charge in [-0.3, -0.25) is 9.69 Å². The summed E-state index contributed by atoms with van der Waals surface area (Å²) >= 11 is 0. The van der Waals surface area contributed by atoms with Crippen LogP contribution in [-0.4, -0.2) is 60.3 Å². The smallest absolute Gasteiger partial charge is 0.329 e. The third-order valence-corrected chi connectivity index (χ3v) is 2.79. The van der Waals surface area contributed by atoms with E-state index in [4.69, 9.17) is 9.84 Å². The Morgan fingerprint density at radius 3 is 2.56 bits per heavy atom. The lowest BCUT2D eigenvalue weighted by Gasteiger charge is -2.49. The van der Waals surface area contributed by atoms with Gasteiger partial charge in [-0.2, -0.15) is 0 Å². The van der Waals surface area contributed by atoms with E-state index < -0.39 is 11.6 Å². The summed E-state index contributed by atoms with van der Waals surface area (Å²) in [6.07, 6.45) is 0. The van der Waals surface area contributed by atoms with Crippen LogP contribution < -0.4 is 5.32 Å². The molecule has 16 heavy (non-hydrogen) atoms. The summed E-state index contributed by atoms with van der Waals surface area (Å²) in [6.45, 7) is 4.53. The predicted octanol–water partition coefficient (Wildman–Crippen LogP) is -0.704. The van der Waals surface area contributed by atoms with Crippen molar-refractivity contribution in [2.24, 2.45) is 0 Å². The van der Waals surface area contributed by atoms with E-state index in [1.165, 1.54) is 0 Å². The highest BCUT2D eigenvalue weighted by molar-refractivity contribution is 5.81. The molecule has 0 saturated carbocycles. The highest BCUT2D eigenvalue weighted by Gasteiger charge is 2.43. The molecule has 1 aliphatic rings. The number of rotatable bonds is 5. The number of ether oxygens (including phenoxy) is 1. The molecule has 0 aliphatic carbocycles. The van der Waals surface area contributed by atoms with Gasteiger partial charge in [0.05, 0.1) is 11.6 Å². The van der Waals surface area contributed by atoms with Crippen LogP contribution in [0.15, 0.2) is 0 Å². The Balaban J connectivity index is 2.35. The van der Waals surface area contributed by atoms with Gasteiger partial charge in [0.1, 0.15) is 6.61 Å². The topological polar surface area (TPSA) is 78.9 Å². The Hall–Kier alpha value is -1.14. The molecule has 6 heteroatoms. The second-order valence-corrected chi connectivity index (χ2v) is 4.33. The van der Waals surface area contributed by atoms with Gasteiger partial charge >= 0.3 is 5.97 Å². The first-order valence-corrected chi connectivity index (χ1v) is 5.19. The van der Waals surface area contributed by atoms with E-state index in [1.807, 2.05) is 18.7 Å². The lowest BCUT2D eigenvalue weighted by Crippen LogP contribution is -2.66. The molecule has 1 fully saturated rings. The lowest BCUT2D eigenvalue weighted by atomic mass is 9.94. The molecule has 0 aromatic rings. The number of carbonyl (C=O) groups is 2. The number of carbonyl (C=O) groups excluding carboxylic acids is 1. The molecule has 1 heterocycles. The third-order valence-electron chi connectivity index (χ3n) is 2.79. The number of carboxylic acid groups (broad SMARTS) is 1. The Morgan fingerprint density at radius 2 is 2.12 bits per heavy atom. The van der Waals surface area contributed by atoms with E-state index in [2.05, 4.69) is 5.32 Å². The Labute approximate surface area is 94.6 Å². The quantitative estimate of drug-likeness (QED) is 0.652. The maximum Gasteiger partial charge on any atom is 0.329 e. The lowest BCUT2D eigenvalue weighted by molar-refractivity contribution is -0.171. The summed E-state index contributed by atoms with van der Waals surface area (Å²) in [6, 6.07) is -0.202. The second kappa shape index (κ2) is 4.80. The Kier molecular flexibility index (Phi) is 3.88. The molecule has 1 amide bonds. The summed E-state index contributed by atoms with van der Waals surface area (Å²) in [5, 5.41) is 11.1. The number of hydrogen-bond donors (Lipinski definition) is 2. The van der Waals surface area contributed by atoms with Crippen LogP contribution >= 0.6 is 0 Å². The molecule has 2 N–H and O–H groups in total. The van der Waals surface area contributed by atoms with E-state index in [-0.39, 0.29) is 18.6 Å². The van der Waals surface area contributed by atoms with Crippen molar-refractivity contribution in [2.45, 2.75) is 25.5 Å². The molecular weight excluding hydrogens is 212 g/mol. The molecule has 0 radical (unpaired) electrons. The Bertz CT molecular complexity index is 287. The maximum absolute atomic E-state index is 11.3. The van der Waals surface area contributed by atoms with E-state index in [0.29, 0.717) is 13.1 Å². The summed E-state index contributed by atoms with van der Waals surface area (Å²) in [7, 11) is 1.60. The number of likely N-dealkylation sites (tertiary alicyclic amines) is 1. The van der Waals surface area contributed by atoms with Crippen LogP contribution in [-0.2, 0) is 14.3 Å². The van der Waals surface area contributed by atoms with Gasteiger partial charge < -0.3 is 15.2 Å². The predicted molar refractivity (Wildman–Crippen MR) is 57.1 cm³/mol. The SMILES string of the molecule is CNC(=O)C(C)N1CC(C)(OCC(=O)O)C1. The van der Waals surface area contributed by atoms with Crippen molar-refractivity contribution in [1.29, 1.82) is 0 Å².